The summed E-state index contributed by atoms with van der Waals surface area (Å²) in [6, 6.07) is 11.0. The number of amides is 1. The van der Waals surface area contributed by atoms with E-state index >= 15 is 0 Å². The fraction of sp³-hybridized carbons (Fsp3) is 0.200. The van der Waals surface area contributed by atoms with E-state index in [4.69, 9.17) is 9.72 Å². The van der Waals surface area contributed by atoms with Gasteiger partial charge in [-0.2, -0.15) is 0 Å². The van der Waals surface area contributed by atoms with Crippen molar-refractivity contribution in [1.29, 1.82) is 0 Å². The van der Waals surface area contributed by atoms with Gasteiger partial charge in [0.25, 0.3) is 0 Å². The second-order valence-electron chi connectivity index (χ2n) is 6.07. The Morgan fingerprint density at radius 2 is 1.92 bits per heavy atom. The highest BCUT2D eigenvalue weighted by Gasteiger charge is 2.15. The first-order valence-electron chi connectivity index (χ1n) is 7.96. The van der Waals surface area contributed by atoms with Crippen LogP contribution in [-0.2, 0) is 4.79 Å². The van der Waals surface area contributed by atoms with Crippen molar-refractivity contribution in [2.45, 2.75) is 20.8 Å². The Bertz CT molecular complexity index is 980. The SMILES string of the molecule is COc1ccc(NC(C)=O)c2c(C)cc(-c3ccc(C)cc3O)nc12. The van der Waals surface area contributed by atoms with E-state index < -0.39 is 0 Å². The number of aryl methyl sites for hydroxylation is 2. The van der Waals surface area contributed by atoms with Gasteiger partial charge in [0, 0.05) is 17.9 Å². The Labute approximate surface area is 146 Å². The van der Waals surface area contributed by atoms with Crippen molar-refractivity contribution < 1.29 is 14.6 Å². The highest BCUT2D eigenvalue weighted by atomic mass is 16.5. The van der Waals surface area contributed by atoms with E-state index in [-0.39, 0.29) is 11.7 Å². The highest BCUT2D eigenvalue weighted by Crippen LogP contribution is 2.37. The van der Waals surface area contributed by atoms with E-state index in [0.29, 0.717) is 28.2 Å². The first-order valence-corrected chi connectivity index (χ1v) is 7.96. The lowest BCUT2D eigenvalue weighted by Crippen LogP contribution is -2.07. The Kier molecular flexibility index (Phi) is 4.31. The lowest BCUT2D eigenvalue weighted by Gasteiger charge is -2.14. The number of nitrogens with zero attached hydrogens (tertiary/aromatic N) is 1. The summed E-state index contributed by atoms with van der Waals surface area (Å²) in [5, 5.41) is 13.9. The van der Waals surface area contributed by atoms with E-state index in [2.05, 4.69) is 5.32 Å². The van der Waals surface area contributed by atoms with Crippen molar-refractivity contribution in [3.8, 4) is 22.8 Å². The number of benzene rings is 2. The second-order valence-corrected chi connectivity index (χ2v) is 6.07. The Morgan fingerprint density at radius 3 is 2.56 bits per heavy atom. The molecule has 0 aliphatic rings. The average Bonchev–Trinajstić information content (AvgIpc) is 2.54. The standard InChI is InChI=1S/C20H20N2O3/c1-11-5-6-14(17(24)9-11)16-10-12(2)19-15(21-13(3)23)7-8-18(25-4)20(19)22-16/h5-10,24H,1-4H3,(H,21,23). The van der Waals surface area contributed by atoms with E-state index in [0.717, 1.165) is 16.5 Å². The number of aromatic nitrogens is 1. The largest absolute Gasteiger partial charge is 0.507 e. The van der Waals surface area contributed by atoms with Crippen molar-refractivity contribution in [1.82, 2.24) is 4.98 Å². The zero-order valence-corrected chi connectivity index (χ0v) is 14.7. The molecular formula is C20H20N2O3. The van der Waals surface area contributed by atoms with Gasteiger partial charge < -0.3 is 15.2 Å². The zero-order valence-electron chi connectivity index (χ0n) is 14.7. The minimum Gasteiger partial charge on any atom is -0.507 e. The van der Waals surface area contributed by atoms with E-state index in [1.807, 2.05) is 32.0 Å². The molecule has 5 nitrogen and oxygen atoms in total. The Balaban J connectivity index is 2.29. The summed E-state index contributed by atoms with van der Waals surface area (Å²) in [4.78, 5) is 16.2. The third-order valence-electron chi connectivity index (χ3n) is 4.08. The molecule has 5 heteroatoms. The molecule has 0 fully saturated rings. The molecule has 0 bridgehead atoms. The fourth-order valence-electron chi connectivity index (χ4n) is 2.97. The molecule has 128 valence electrons. The molecule has 1 amide bonds. The number of rotatable bonds is 3. The first-order chi connectivity index (χ1) is 11.9. The molecule has 0 radical (unpaired) electrons. The molecule has 0 atom stereocenters. The maximum atomic E-state index is 11.5. The summed E-state index contributed by atoms with van der Waals surface area (Å²) in [6.07, 6.45) is 0. The van der Waals surface area contributed by atoms with Gasteiger partial charge in [-0.25, -0.2) is 4.98 Å². The zero-order chi connectivity index (χ0) is 18.1. The van der Waals surface area contributed by atoms with Crippen LogP contribution in [0.15, 0.2) is 36.4 Å². The van der Waals surface area contributed by atoms with Crippen molar-refractivity contribution in [3.05, 3.63) is 47.5 Å². The van der Waals surface area contributed by atoms with Gasteiger partial charge in [0.2, 0.25) is 5.91 Å². The molecule has 0 saturated carbocycles. The topological polar surface area (TPSA) is 71.5 Å². The van der Waals surface area contributed by atoms with Crippen LogP contribution in [-0.4, -0.2) is 23.1 Å². The predicted molar refractivity (Wildman–Crippen MR) is 99.2 cm³/mol. The van der Waals surface area contributed by atoms with Crippen molar-refractivity contribution in [3.63, 3.8) is 0 Å². The summed E-state index contributed by atoms with van der Waals surface area (Å²) in [6.45, 7) is 5.34. The number of anilines is 1. The molecule has 3 rings (SSSR count). The van der Waals surface area contributed by atoms with Gasteiger partial charge in [0.1, 0.15) is 17.0 Å². The summed E-state index contributed by atoms with van der Waals surface area (Å²) in [5.41, 5.74) is 4.55. The average molecular weight is 336 g/mol. The van der Waals surface area contributed by atoms with Gasteiger partial charge in [0.05, 0.1) is 18.5 Å². The van der Waals surface area contributed by atoms with Crippen LogP contribution in [0.2, 0.25) is 0 Å². The van der Waals surface area contributed by atoms with Crippen LogP contribution in [0, 0.1) is 13.8 Å². The van der Waals surface area contributed by atoms with Crippen molar-refractivity contribution in [2.24, 2.45) is 0 Å². The molecule has 1 heterocycles. The van der Waals surface area contributed by atoms with Crippen LogP contribution in [0.4, 0.5) is 5.69 Å². The van der Waals surface area contributed by atoms with Gasteiger partial charge in [0.15, 0.2) is 0 Å². The molecule has 2 aromatic carbocycles. The van der Waals surface area contributed by atoms with Crippen LogP contribution in [0.25, 0.3) is 22.2 Å². The Morgan fingerprint density at radius 1 is 1.16 bits per heavy atom. The lowest BCUT2D eigenvalue weighted by molar-refractivity contribution is -0.114. The van der Waals surface area contributed by atoms with Gasteiger partial charge in [-0.15, -0.1) is 0 Å². The van der Waals surface area contributed by atoms with Crippen LogP contribution >= 0.6 is 0 Å². The second kappa shape index (κ2) is 6.43. The summed E-state index contributed by atoms with van der Waals surface area (Å²) in [7, 11) is 1.58. The van der Waals surface area contributed by atoms with Gasteiger partial charge >= 0.3 is 0 Å². The first kappa shape index (κ1) is 16.8. The third-order valence-corrected chi connectivity index (χ3v) is 4.08. The number of carbonyl (C=O) groups is 1. The monoisotopic (exact) mass is 336 g/mol. The van der Waals surface area contributed by atoms with Gasteiger partial charge in [-0.05, 0) is 55.3 Å². The third kappa shape index (κ3) is 3.13. The number of aromatic hydroxyl groups is 1. The van der Waals surface area contributed by atoms with Crippen molar-refractivity contribution >= 4 is 22.5 Å². The quantitative estimate of drug-likeness (QED) is 0.752. The number of carbonyl (C=O) groups excluding carboxylic acids is 1. The van der Waals surface area contributed by atoms with E-state index in [9.17, 15) is 9.90 Å². The van der Waals surface area contributed by atoms with Crippen LogP contribution < -0.4 is 10.1 Å². The van der Waals surface area contributed by atoms with E-state index in [1.165, 1.54) is 6.92 Å². The molecular weight excluding hydrogens is 316 g/mol. The number of phenols is 1. The number of pyridine rings is 1. The summed E-state index contributed by atoms with van der Waals surface area (Å²) < 4.78 is 5.44. The number of methoxy groups -OCH3 is 1. The van der Waals surface area contributed by atoms with Crippen LogP contribution in [0.1, 0.15) is 18.1 Å². The Hall–Kier alpha value is -3.08. The smallest absolute Gasteiger partial charge is 0.221 e. The van der Waals surface area contributed by atoms with Gasteiger partial charge in [-0.3, -0.25) is 4.79 Å². The van der Waals surface area contributed by atoms with Crippen molar-refractivity contribution in [2.75, 3.05) is 12.4 Å². The maximum Gasteiger partial charge on any atom is 0.221 e. The maximum absolute atomic E-state index is 11.5. The molecule has 0 aliphatic carbocycles. The minimum absolute atomic E-state index is 0.147. The lowest BCUT2D eigenvalue weighted by atomic mass is 10.0. The van der Waals surface area contributed by atoms with E-state index in [1.54, 1.807) is 25.3 Å². The van der Waals surface area contributed by atoms with Gasteiger partial charge in [-0.1, -0.05) is 6.07 Å². The number of fused-ring (bicyclic) bond motifs is 1. The summed E-state index contributed by atoms with van der Waals surface area (Å²) in [5.74, 6) is 0.648. The molecule has 0 unspecified atom stereocenters. The van der Waals surface area contributed by atoms with Crippen LogP contribution in [0.3, 0.4) is 0 Å². The molecule has 0 spiro atoms. The number of ether oxygens (including phenoxy) is 1. The fourth-order valence-corrected chi connectivity index (χ4v) is 2.97. The molecule has 2 N–H and O–H groups in total. The number of phenolic OH excluding ortho intramolecular Hbond substituents is 1. The molecule has 25 heavy (non-hydrogen) atoms. The summed E-state index contributed by atoms with van der Waals surface area (Å²) >= 11 is 0. The molecule has 0 saturated heterocycles. The number of hydrogen-bond donors (Lipinski definition) is 2. The predicted octanol–water partition coefficient (Wildman–Crippen LogP) is 4.19. The minimum atomic E-state index is -0.147. The highest BCUT2D eigenvalue weighted by molar-refractivity contribution is 6.04. The number of hydrogen-bond acceptors (Lipinski definition) is 4. The van der Waals surface area contributed by atoms with Crippen LogP contribution in [0.5, 0.6) is 11.5 Å². The molecule has 1 aromatic heterocycles. The normalized spacial score (nSPS) is 10.7. The number of nitrogens with one attached hydrogen (secondary N) is 1. The molecule has 0 aliphatic heterocycles. The molecule has 3 aromatic rings.